The minimum Gasteiger partial charge on any atom is -0.251 e. The number of nitrogens with zero attached hydrogens (tertiary/aromatic N) is 2. The SMILES string of the molecule is N#CC1(c2ccc(C(F)(F)F)nc2)CCC(F)(F)CC1. The molecule has 0 aliphatic heterocycles. The average Bonchev–Trinajstić information content (AvgIpc) is 2.39. The minimum atomic E-state index is -4.56. The molecule has 1 fully saturated rings. The number of nitriles is 1. The second kappa shape index (κ2) is 4.69. The number of aromatic nitrogens is 1. The summed E-state index contributed by atoms with van der Waals surface area (Å²) in [5.41, 5.74) is -1.96. The van der Waals surface area contributed by atoms with E-state index in [-0.39, 0.29) is 18.4 Å². The van der Waals surface area contributed by atoms with Crippen LogP contribution in [0, 0.1) is 11.3 Å². The highest BCUT2D eigenvalue weighted by molar-refractivity contribution is 5.32. The molecule has 1 saturated carbocycles. The highest BCUT2D eigenvalue weighted by Gasteiger charge is 2.45. The van der Waals surface area contributed by atoms with Gasteiger partial charge in [-0.05, 0) is 24.5 Å². The van der Waals surface area contributed by atoms with Gasteiger partial charge in [0.2, 0.25) is 5.92 Å². The van der Waals surface area contributed by atoms with Crippen molar-refractivity contribution >= 4 is 0 Å². The third kappa shape index (κ3) is 2.74. The largest absolute Gasteiger partial charge is 0.433 e. The van der Waals surface area contributed by atoms with E-state index in [1.165, 1.54) is 0 Å². The van der Waals surface area contributed by atoms with Crippen molar-refractivity contribution in [2.24, 2.45) is 0 Å². The molecule has 0 aromatic carbocycles. The lowest BCUT2D eigenvalue weighted by Gasteiger charge is -2.34. The molecule has 0 atom stereocenters. The summed E-state index contributed by atoms with van der Waals surface area (Å²) in [6.45, 7) is 0. The van der Waals surface area contributed by atoms with Crippen LogP contribution in [0.5, 0.6) is 0 Å². The maximum atomic E-state index is 13.1. The number of pyridine rings is 1. The Kier molecular flexibility index (Phi) is 3.44. The first-order chi connectivity index (χ1) is 9.19. The van der Waals surface area contributed by atoms with Crippen molar-refractivity contribution in [3.63, 3.8) is 0 Å². The molecule has 0 N–H and O–H groups in total. The lowest BCUT2D eigenvalue weighted by atomic mass is 9.70. The van der Waals surface area contributed by atoms with Crippen LogP contribution in [0.4, 0.5) is 22.0 Å². The fraction of sp³-hybridized carbons (Fsp3) is 0.538. The van der Waals surface area contributed by atoms with E-state index < -0.39 is 36.0 Å². The predicted molar refractivity (Wildman–Crippen MR) is 59.9 cm³/mol. The van der Waals surface area contributed by atoms with Gasteiger partial charge in [-0.15, -0.1) is 0 Å². The Morgan fingerprint density at radius 3 is 2.10 bits per heavy atom. The molecule has 0 saturated heterocycles. The van der Waals surface area contributed by atoms with Crippen LogP contribution in [-0.4, -0.2) is 10.9 Å². The third-order valence-corrected chi connectivity index (χ3v) is 3.66. The smallest absolute Gasteiger partial charge is 0.251 e. The van der Waals surface area contributed by atoms with Gasteiger partial charge in [0.15, 0.2) is 0 Å². The predicted octanol–water partition coefficient (Wildman–Crippen LogP) is 4.07. The van der Waals surface area contributed by atoms with Crippen LogP contribution in [0.1, 0.15) is 36.9 Å². The van der Waals surface area contributed by atoms with Crippen LogP contribution in [0.2, 0.25) is 0 Å². The second-order valence-electron chi connectivity index (χ2n) is 4.98. The summed E-state index contributed by atoms with van der Waals surface area (Å²) in [7, 11) is 0. The maximum absolute atomic E-state index is 13.1. The number of rotatable bonds is 1. The lowest BCUT2D eigenvalue weighted by molar-refractivity contribution is -0.141. The van der Waals surface area contributed by atoms with Gasteiger partial charge in [0, 0.05) is 19.0 Å². The van der Waals surface area contributed by atoms with Crippen LogP contribution in [0.3, 0.4) is 0 Å². The van der Waals surface area contributed by atoms with Crippen molar-refractivity contribution < 1.29 is 22.0 Å². The fourth-order valence-corrected chi connectivity index (χ4v) is 2.35. The molecule has 0 radical (unpaired) electrons. The summed E-state index contributed by atoms with van der Waals surface area (Å²) in [4.78, 5) is 3.29. The highest BCUT2D eigenvalue weighted by atomic mass is 19.4. The fourth-order valence-electron chi connectivity index (χ4n) is 2.35. The summed E-state index contributed by atoms with van der Waals surface area (Å²) in [5.74, 6) is -2.81. The van der Waals surface area contributed by atoms with Gasteiger partial charge >= 0.3 is 6.18 Å². The molecular formula is C13H11F5N2. The van der Waals surface area contributed by atoms with Gasteiger partial charge in [0.25, 0.3) is 0 Å². The Balaban J connectivity index is 2.28. The highest BCUT2D eigenvalue weighted by Crippen LogP contribution is 2.45. The molecule has 1 aliphatic carbocycles. The summed E-state index contributed by atoms with van der Waals surface area (Å²) >= 11 is 0. The molecule has 7 heteroatoms. The molecule has 1 aromatic heterocycles. The van der Waals surface area contributed by atoms with E-state index in [0.29, 0.717) is 0 Å². The normalized spacial score (nSPS) is 21.2. The van der Waals surface area contributed by atoms with Gasteiger partial charge in [0.1, 0.15) is 5.69 Å². The zero-order chi connectivity index (χ0) is 15.0. The van der Waals surface area contributed by atoms with Gasteiger partial charge in [-0.1, -0.05) is 6.07 Å². The molecule has 0 spiro atoms. The number of hydrogen-bond donors (Lipinski definition) is 0. The Bertz CT molecular complexity index is 517. The van der Waals surface area contributed by atoms with Crippen LogP contribution in [0.15, 0.2) is 18.3 Å². The summed E-state index contributed by atoms with van der Waals surface area (Å²) < 4.78 is 63.5. The third-order valence-electron chi connectivity index (χ3n) is 3.66. The van der Waals surface area contributed by atoms with E-state index in [0.717, 1.165) is 18.3 Å². The average molecular weight is 290 g/mol. The first kappa shape index (κ1) is 14.7. The Morgan fingerprint density at radius 2 is 1.70 bits per heavy atom. The van der Waals surface area contributed by atoms with Crippen LogP contribution in [0.25, 0.3) is 0 Å². The molecule has 2 rings (SSSR count). The molecular weight excluding hydrogens is 279 g/mol. The first-order valence-electron chi connectivity index (χ1n) is 6.01. The first-order valence-corrected chi connectivity index (χ1v) is 6.01. The van der Waals surface area contributed by atoms with E-state index in [1.54, 1.807) is 0 Å². The van der Waals surface area contributed by atoms with E-state index in [1.807, 2.05) is 6.07 Å². The van der Waals surface area contributed by atoms with Crippen molar-refractivity contribution in [1.29, 1.82) is 5.26 Å². The van der Waals surface area contributed by atoms with Gasteiger partial charge < -0.3 is 0 Å². The van der Waals surface area contributed by atoms with Crippen molar-refractivity contribution in [2.75, 3.05) is 0 Å². The number of alkyl halides is 5. The topological polar surface area (TPSA) is 36.7 Å². The number of hydrogen-bond acceptors (Lipinski definition) is 2. The Morgan fingerprint density at radius 1 is 1.10 bits per heavy atom. The van der Waals surface area contributed by atoms with E-state index in [9.17, 15) is 27.2 Å². The zero-order valence-electron chi connectivity index (χ0n) is 10.3. The van der Waals surface area contributed by atoms with Crippen LogP contribution >= 0.6 is 0 Å². The quantitative estimate of drug-likeness (QED) is 0.731. The van der Waals surface area contributed by atoms with Crippen molar-refractivity contribution in [3.8, 4) is 6.07 Å². The standard InChI is InChI=1S/C13H11F5N2/c14-12(15)5-3-11(8-19,4-6-12)9-1-2-10(20-7-9)13(16,17)18/h1-2,7H,3-6H2. The summed E-state index contributed by atoms with van der Waals surface area (Å²) in [5, 5.41) is 9.25. The Hall–Kier alpha value is -1.71. The van der Waals surface area contributed by atoms with Gasteiger partial charge in [0.05, 0.1) is 11.5 Å². The Labute approximate surface area is 112 Å². The van der Waals surface area contributed by atoms with Crippen molar-refractivity contribution in [2.45, 2.75) is 43.2 Å². The molecule has 0 unspecified atom stereocenters. The number of halogens is 5. The minimum absolute atomic E-state index is 0.0798. The second-order valence-corrected chi connectivity index (χ2v) is 4.98. The van der Waals surface area contributed by atoms with Gasteiger partial charge in [-0.2, -0.15) is 18.4 Å². The molecule has 0 amide bonds. The van der Waals surface area contributed by atoms with Gasteiger partial charge in [-0.3, -0.25) is 4.98 Å². The van der Waals surface area contributed by atoms with Crippen LogP contribution in [-0.2, 0) is 11.6 Å². The van der Waals surface area contributed by atoms with Gasteiger partial charge in [-0.25, -0.2) is 8.78 Å². The molecule has 1 aliphatic rings. The molecule has 108 valence electrons. The molecule has 20 heavy (non-hydrogen) atoms. The monoisotopic (exact) mass is 290 g/mol. The van der Waals surface area contributed by atoms with E-state index >= 15 is 0 Å². The maximum Gasteiger partial charge on any atom is 0.433 e. The molecule has 0 bridgehead atoms. The summed E-state index contributed by atoms with van der Waals surface area (Å²) in [6.07, 6.45) is -4.64. The zero-order valence-corrected chi connectivity index (χ0v) is 10.3. The molecule has 2 nitrogen and oxygen atoms in total. The van der Waals surface area contributed by atoms with E-state index in [2.05, 4.69) is 4.98 Å². The van der Waals surface area contributed by atoms with E-state index in [4.69, 9.17) is 0 Å². The molecule has 1 heterocycles. The van der Waals surface area contributed by atoms with Crippen molar-refractivity contribution in [1.82, 2.24) is 4.98 Å². The molecule has 1 aromatic rings. The van der Waals surface area contributed by atoms with Crippen LogP contribution < -0.4 is 0 Å². The summed E-state index contributed by atoms with van der Waals surface area (Å²) in [6, 6.07) is 3.91. The van der Waals surface area contributed by atoms with Crippen molar-refractivity contribution in [3.05, 3.63) is 29.6 Å². The lowest BCUT2D eigenvalue weighted by Crippen LogP contribution is -2.35.